The topological polar surface area (TPSA) is 32.5 Å². The molecule has 0 bridgehead atoms. The average molecular weight is 267 g/mol. The molecule has 0 aromatic carbocycles. The van der Waals surface area contributed by atoms with Gasteiger partial charge in [-0.15, -0.1) is 0 Å². The summed E-state index contributed by atoms with van der Waals surface area (Å²) in [5.74, 6) is 1.68. The Kier molecular flexibility index (Phi) is 5.67. The van der Waals surface area contributed by atoms with Crippen LogP contribution in [0.2, 0.25) is 0 Å². The quantitative estimate of drug-likeness (QED) is 0.847. The van der Waals surface area contributed by atoms with Crippen LogP contribution in [0.5, 0.6) is 0 Å². The number of piperazine rings is 1. The van der Waals surface area contributed by atoms with Gasteiger partial charge in [-0.1, -0.05) is 26.7 Å². The Bertz CT molecular complexity index is 269. The molecule has 4 atom stereocenters. The zero-order chi connectivity index (χ0) is 13.8. The zero-order valence-corrected chi connectivity index (χ0v) is 13.1. The van der Waals surface area contributed by atoms with E-state index in [1.807, 2.05) is 0 Å². The second-order valence-corrected chi connectivity index (χ2v) is 6.69. The number of likely N-dealkylation sites (N-methyl/N-ethyl adjacent to an activating group) is 1. The largest absolute Gasteiger partial charge is 0.330 e. The summed E-state index contributed by atoms with van der Waals surface area (Å²) in [6, 6.07) is 1.50. The zero-order valence-electron chi connectivity index (χ0n) is 13.1. The molecule has 1 saturated heterocycles. The van der Waals surface area contributed by atoms with E-state index in [-0.39, 0.29) is 0 Å². The molecule has 2 aliphatic rings. The van der Waals surface area contributed by atoms with Crippen LogP contribution in [0.25, 0.3) is 0 Å². The predicted octanol–water partition coefficient (Wildman–Crippen LogP) is 2.17. The van der Waals surface area contributed by atoms with Gasteiger partial charge >= 0.3 is 0 Å². The first-order chi connectivity index (χ1) is 9.19. The molecule has 3 heteroatoms. The number of nitrogens with two attached hydrogens (primary N) is 1. The highest BCUT2D eigenvalue weighted by Crippen LogP contribution is 2.34. The van der Waals surface area contributed by atoms with Crippen molar-refractivity contribution in [2.75, 3.05) is 33.2 Å². The second kappa shape index (κ2) is 7.05. The van der Waals surface area contributed by atoms with Gasteiger partial charge < -0.3 is 10.6 Å². The van der Waals surface area contributed by atoms with Gasteiger partial charge in [-0.3, -0.25) is 4.90 Å². The molecule has 1 aliphatic heterocycles. The van der Waals surface area contributed by atoms with Crippen LogP contribution >= 0.6 is 0 Å². The molecule has 2 N–H and O–H groups in total. The SMILES string of the molecule is CCC1CCC(CN)C(N2CCN(C)C(CC)C2)C1. The van der Waals surface area contributed by atoms with Gasteiger partial charge in [0.25, 0.3) is 0 Å². The minimum atomic E-state index is 0.740. The molecule has 2 rings (SSSR count). The lowest BCUT2D eigenvalue weighted by molar-refractivity contribution is 0.0157. The molecule has 3 nitrogen and oxygen atoms in total. The highest BCUT2D eigenvalue weighted by atomic mass is 15.3. The summed E-state index contributed by atoms with van der Waals surface area (Å²) in [6.45, 7) is 9.27. The van der Waals surface area contributed by atoms with Crippen molar-refractivity contribution >= 4 is 0 Å². The van der Waals surface area contributed by atoms with E-state index < -0.39 is 0 Å². The lowest BCUT2D eigenvalue weighted by Gasteiger charge is -2.48. The Hall–Kier alpha value is -0.120. The Morgan fingerprint density at radius 1 is 1.11 bits per heavy atom. The third-order valence-corrected chi connectivity index (χ3v) is 5.69. The molecule has 0 spiro atoms. The van der Waals surface area contributed by atoms with Gasteiger partial charge in [-0.25, -0.2) is 0 Å². The maximum absolute atomic E-state index is 6.04. The Morgan fingerprint density at radius 3 is 2.53 bits per heavy atom. The Balaban J connectivity index is 2.00. The lowest BCUT2D eigenvalue weighted by atomic mass is 9.76. The van der Waals surface area contributed by atoms with Crippen molar-refractivity contribution in [3.05, 3.63) is 0 Å². The minimum absolute atomic E-state index is 0.740. The second-order valence-electron chi connectivity index (χ2n) is 6.69. The van der Waals surface area contributed by atoms with Crippen LogP contribution in [-0.4, -0.2) is 55.1 Å². The fraction of sp³-hybridized carbons (Fsp3) is 1.00. The standard InChI is InChI=1S/C16H33N3/c1-4-13-6-7-14(11-17)16(10-13)19-9-8-18(3)15(5-2)12-19/h13-16H,4-12,17H2,1-3H3. The minimum Gasteiger partial charge on any atom is -0.330 e. The van der Waals surface area contributed by atoms with Crippen molar-refractivity contribution < 1.29 is 0 Å². The molecule has 0 radical (unpaired) electrons. The van der Waals surface area contributed by atoms with E-state index in [2.05, 4.69) is 30.7 Å². The first kappa shape index (κ1) is 15.3. The van der Waals surface area contributed by atoms with Crippen molar-refractivity contribution in [1.82, 2.24) is 9.80 Å². The molecule has 1 aliphatic carbocycles. The highest BCUT2D eigenvalue weighted by molar-refractivity contribution is 4.91. The maximum Gasteiger partial charge on any atom is 0.0218 e. The van der Waals surface area contributed by atoms with Crippen LogP contribution in [-0.2, 0) is 0 Å². The molecule has 1 saturated carbocycles. The fourth-order valence-electron chi connectivity index (χ4n) is 4.10. The molecule has 0 amide bonds. The van der Waals surface area contributed by atoms with Crippen molar-refractivity contribution in [1.29, 1.82) is 0 Å². The third kappa shape index (κ3) is 3.50. The molecule has 1 heterocycles. The fourth-order valence-corrected chi connectivity index (χ4v) is 4.10. The first-order valence-corrected chi connectivity index (χ1v) is 8.33. The van der Waals surface area contributed by atoms with Gasteiger partial charge in [-0.2, -0.15) is 0 Å². The van der Waals surface area contributed by atoms with E-state index >= 15 is 0 Å². The summed E-state index contributed by atoms with van der Waals surface area (Å²) in [7, 11) is 2.28. The van der Waals surface area contributed by atoms with Crippen molar-refractivity contribution in [3.8, 4) is 0 Å². The summed E-state index contributed by atoms with van der Waals surface area (Å²) in [4.78, 5) is 5.31. The van der Waals surface area contributed by atoms with E-state index in [0.717, 1.165) is 30.5 Å². The van der Waals surface area contributed by atoms with Gasteiger partial charge in [0.15, 0.2) is 0 Å². The summed E-state index contributed by atoms with van der Waals surface area (Å²) in [6.07, 6.45) is 6.75. The molecule has 112 valence electrons. The van der Waals surface area contributed by atoms with Crippen LogP contribution in [0.3, 0.4) is 0 Å². The lowest BCUT2D eigenvalue weighted by Crippen LogP contribution is -2.57. The molecular weight excluding hydrogens is 234 g/mol. The summed E-state index contributed by atoms with van der Waals surface area (Å²) >= 11 is 0. The first-order valence-electron chi connectivity index (χ1n) is 8.33. The normalized spacial score (nSPS) is 38.5. The predicted molar refractivity (Wildman–Crippen MR) is 82.2 cm³/mol. The third-order valence-electron chi connectivity index (χ3n) is 5.69. The van der Waals surface area contributed by atoms with E-state index in [1.165, 1.54) is 51.7 Å². The summed E-state index contributed by atoms with van der Waals surface area (Å²) < 4.78 is 0. The van der Waals surface area contributed by atoms with Crippen LogP contribution < -0.4 is 5.73 Å². The van der Waals surface area contributed by atoms with Crippen LogP contribution in [0.4, 0.5) is 0 Å². The van der Waals surface area contributed by atoms with E-state index in [4.69, 9.17) is 5.73 Å². The summed E-state index contributed by atoms with van der Waals surface area (Å²) in [5.41, 5.74) is 6.04. The van der Waals surface area contributed by atoms with Crippen LogP contribution in [0, 0.1) is 11.8 Å². The van der Waals surface area contributed by atoms with E-state index in [9.17, 15) is 0 Å². The van der Waals surface area contributed by atoms with Crippen LogP contribution in [0.1, 0.15) is 46.0 Å². The van der Waals surface area contributed by atoms with Gasteiger partial charge in [0.05, 0.1) is 0 Å². The molecular formula is C16H33N3. The molecule has 0 aromatic rings. The molecule has 4 unspecified atom stereocenters. The van der Waals surface area contributed by atoms with Gasteiger partial charge in [0.2, 0.25) is 0 Å². The highest BCUT2D eigenvalue weighted by Gasteiger charge is 2.35. The average Bonchev–Trinajstić information content (AvgIpc) is 2.47. The molecule has 19 heavy (non-hydrogen) atoms. The molecule has 0 aromatic heterocycles. The molecule has 2 fully saturated rings. The van der Waals surface area contributed by atoms with Crippen molar-refractivity contribution in [2.24, 2.45) is 17.6 Å². The maximum atomic E-state index is 6.04. The van der Waals surface area contributed by atoms with Crippen molar-refractivity contribution in [3.63, 3.8) is 0 Å². The van der Waals surface area contributed by atoms with Gasteiger partial charge in [0, 0.05) is 31.7 Å². The number of hydrogen-bond donors (Lipinski definition) is 1. The van der Waals surface area contributed by atoms with Gasteiger partial charge in [-0.05, 0) is 44.7 Å². The van der Waals surface area contributed by atoms with Crippen molar-refractivity contribution in [2.45, 2.75) is 58.0 Å². The Morgan fingerprint density at radius 2 is 1.89 bits per heavy atom. The summed E-state index contributed by atoms with van der Waals surface area (Å²) in [5, 5.41) is 0. The van der Waals surface area contributed by atoms with E-state index in [0.29, 0.717) is 0 Å². The van der Waals surface area contributed by atoms with Crippen LogP contribution in [0.15, 0.2) is 0 Å². The smallest absolute Gasteiger partial charge is 0.0218 e. The van der Waals surface area contributed by atoms with E-state index in [1.54, 1.807) is 0 Å². The number of nitrogens with zero attached hydrogens (tertiary/aromatic N) is 2. The monoisotopic (exact) mass is 267 g/mol. The number of rotatable bonds is 4. The van der Waals surface area contributed by atoms with Gasteiger partial charge in [0.1, 0.15) is 0 Å². The number of hydrogen-bond acceptors (Lipinski definition) is 3. The Labute approximate surface area is 119 Å².